The molecule has 0 unspecified atom stereocenters. The van der Waals surface area contributed by atoms with Crippen molar-refractivity contribution in [3.05, 3.63) is 94.0 Å². The first kappa shape index (κ1) is 18.2. The second-order valence-corrected chi connectivity index (χ2v) is 7.58. The van der Waals surface area contributed by atoms with Crippen molar-refractivity contribution in [2.45, 2.75) is 6.61 Å². The van der Waals surface area contributed by atoms with Crippen LogP contribution in [0.15, 0.2) is 72.8 Å². The molecular formula is C23H15ClN2OS. The average molecular weight is 403 g/mol. The molecule has 1 heterocycles. The van der Waals surface area contributed by atoms with E-state index in [4.69, 9.17) is 16.3 Å². The summed E-state index contributed by atoms with van der Waals surface area (Å²) in [7, 11) is 0. The fraction of sp³-hybridized carbons (Fsp3) is 0.0435. The Morgan fingerprint density at radius 1 is 1.07 bits per heavy atom. The quantitative estimate of drug-likeness (QED) is 0.353. The number of hydrogen-bond acceptors (Lipinski definition) is 4. The van der Waals surface area contributed by atoms with E-state index in [1.807, 2.05) is 78.9 Å². The zero-order valence-corrected chi connectivity index (χ0v) is 16.4. The number of ether oxygens (including phenoxy) is 1. The number of rotatable bonds is 5. The van der Waals surface area contributed by atoms with Crippen molar-refractivity contribution < 1.29 is 4.74 Å². The van der Waals surface area contributed by atoms with Crippen LogP contribution in [0.2, 0.25) is 5.02 Å². The molecule has 4 aromatic rings. The molecule has 0 saturated carbocycles. The molecule has 0 saturated heterocycles. The summed E-state index contributed by atoms with van der Waals surface area (Å²) >= 11 is 7.55. The van der Waals surface area contributed by atoms with E-state index in [0.29, 0.717) is 28.0 Å². The molecule has 0 radical (unpaired) electrons. The van der Waals surface area contributed by atoms with Gasteiger partial charge >= 0.3 is 0 Å². The molecule has 0 N–H and O–H groups in total. The Bertz CT molecular complexity index is 1170. The van der Waals surface area contributed by atoms with Gasteiger partial charge in [0.25, 0.3) is 0 Å². The van der Waals surface area contributed by atoms with Crippen LogP contribution in [0.3, 0.4) is 0 Å². The van der Waals surface area contributed by atoms with Crippen molar-refractivity contribution in [3.8, 4) is 11.8 Å². The van der Waals surface area contributed by atoms with Crippen LogP contribution in [0.25, 0.3) is 21.9 Å². The minimum absolute atomic E-state index is 0.397. The van der Waals surface area contributed by atoms with E-state index < -0.39 is 0 Å². The number of allylic oxidation sites excluding steroid dienone is 1. The Kier molecular flexibility index (Phi) is 5.38. The second kappa shape index (κ2) is 8.26. The Labute approximate surface area is 172 Å². The van der Waals surface area contributed by atoms with Crippen molar-refractivity contribution in [1.82, 2.24) is 4.98 Å². The van der Waals surface area contributed by atoms with Crippen LogP contribution >= 0.6 is 22.9 Å². The van der Waals surface area contributed by atoms with Gasteiger partial charge in [-0.25, -0.2) is 4.98 Å². The van der Waals surface area contributed by atoms with Gasteiger partial charge in [-0.2, -0.15) is 5.26 Å². The number of nitrogens with zero attached hydrogens (tertiary/aromatic N) is 2. The van der Waals surface area contributed by atoms with Crippen LogP contribution in [0.4, 0.5) is 0 Å². The molecule has 136 valence electrons. The van der Waals surface area contributed by atoms with Gasteiger partial charge in [-0.1, -0.05) is 54.1 Å². The molecule has 5 heteroatoms. The highest BCUT2D eigenvalue weighted by Crippen LogP contribution is 2.30. The van der Waals surface area contributed by atoms with Crippen LogP contribution in [-0.2, 0) is 6.61 Å². The topological polar surface area (TPSA) is 45.9 Å². The molecule has 3 aromatic carbocycles. The molecule has 0 bridgehead atoms. The number of halogens is 1. The third kappa shape index (κ3) is 4.07. The zero-order chi connectivity index (χ0) is 19.3. The fourth-order valence-electron chi connectivity index (χ4n) is 2.80. The lowest BCUT2D eigenvalue weighted by atomic mass is 10.1. The normalized spacial score (nSPS) is 11.4. The lowest BCUT2D eigenvalue weighted by Gasteiger charge is -2.10. The maximum Gasteiger partial charge on any atom is 0.135 e. The van der Waals surface area contributed by atoms with E-state index in [1.54, 1.807) is 0 Å². The minimum atomic E-state index is 0.397. The lowest BCUT2D eigenvalue weighted by Crippen LogP contribution is -1.97. The Morgan fingerprint density at radius 3 is 2.71 bits per heavy atom. The standard InChI is InChI=1S/C23H15ClN2OS/c24-19-8-5-6-16(12-19)15-27-21-10-3-1-7-17(21)13-18(14-25)23-26-20-9-2-4-11-22(20)28-23/h1-13H,15H2. The molecular weight excluding hydrogens is 388 g/mol. The van der Waals surface area contributed by atoms with Crippen molar-refractivity contribution in [2.75, 3.05) is 0 Å². The number of nitriles is 1. The summed E-state index contributed by atoms with van der Waals surface area (Å²) in [5.41, 5.74) is 3.23. The van der Waals surface area contributed by atoms with Crippen molar-refractivity contribution in [3.63, 3.8) is 0 Å². The maximum atomic E-state index is 9.69. The molecule has 0 spiro atoms. The summed E-state index contributed by atoms with van der Waals surface area (Å²) in [5, 5.41) is 11.1. The fourth-order valence-corrected chi connectivity index (χ4v) is 3.95. The molecule has 0 aliphatic rings. The predicted octanol–water partition coefficient (Wildman–Crippen LogP) is 6.59. The molecule has 0 amide bonds. The van der Waals surface area contributed by atoms with Crippen LogP contribution in [-0.4, -0.2) is 4.98 Å². The van der Waals surface area contributed by atoms with Crippen molar-refractivity contribution in [2.24, 2.45) is 0 Å². The summed E-state index contributed by atoms with van der Waals surface area (Å²) in [6.07, 6.45) is 1.82. The van der Waals surface area contributed by atoms with E-state index in [9.17, 15) is 5.26 Å². The monoisotopic (exact) mass is 402 g/mol. The predicted molar refractivity (Wildman–Crippen MR) is 115 cm³/mol. The summed E-state index contributed by atoms with van der Waals surface area (Å²) in [6.45, 7) is 0.397. The summed E-state index contributed by atoms with van der Waals surface area (Å²) in [4.78, 5) is 4.59. The summed E-state index contributed by atoms with van der Waals surface area (Å²) in [5.74, 6) is 0.705. The lowest BCUT2D eigenvalue weighted by molar-refractivity contribution is 0.305. The molecule has 28 heavy (non-hydrogen) atoms. The maximum absolute atomic E-state index is 9.69. The van der Waals surface area contributed by atoms with E-state index in [2.05, 4.69) is 11.1 Å². The highest BCUT2D eigenvalue weighted by Gasteiger charge is 2.10. The Balaban J connectivity index is 1.63. The number of para-hydroxylation sites is 2. The zero-order valence-electron chi connectivity index (χ0n) is 14.8. The molecule has 0 atom stereocenters. The van der Waals surface area contributed by atoms with Crippen LogP contribution in [0, 0.1) is 11.3 Å². The first-order valence-corrected chi connectivity index (χ1v) is 9.86. The van der Waals surface area contributed by atoms with Gasteiger partial charge in [-0.05, 0) is 42.0 Å². The average Bonchev–Trinajstić information content (AvgIpc) is 3.15. The van der Waals surface area contributed by atoms with E-state index in [1.165, 1.54) is 11.3 Å². The summed E-state index contributed by atoms with van der Waals surface area (Å²) < 4.78 is 7.05. The number of benzene rings is 3. The van der Waals surface area contributed by atoms with Gasteiger partial charge in [0.05, 0.1) is 15.8 Å². The SMILES string of the molecule is N#CC(=Cc1ccccc1OCc1cccc(Cl)c1)c1nc2ccccc2s1. The van der Waals surface area contributed by atoms with Crippen LogP contribution in [0.5, 0.6) is 5.75 Å². The van der Waals surface area contributed by atoms with Gasteiger partial charge in [0.15, 0.2) is 0 Å². The molecule has 0 aliphatic carbocycles. The molecule has 4 rings (SSSR count). The van der Waals surface area contributed by atoms with Gasteiger partial charge in [0.1, 0.15) is 23.4 Å². The van der Waals surface area contributed by atoms with E-state index >= 15 is 0 Å². The van der Waals surface area contributed by atoms with Crippen molar-refractivity contribution >= 4 is 44.8 Å². The first-order valence-electron chi connectivity index (χ1n) is 8.67. The molecule has 1 aromatic heterocycles. The van der Waals surface area contributed by atoms with Gasteiger partial charge in [-0.15, -0.1) is 11.3 Å². The van der Waals surface area contributed by atoms with Gasteiger partial charge in [-0.3, -0.25) is 0 Å². The third-order valence-corrected chi connectivity index (χ3v) is 5.45. The molecule has 0 fully saturated rings. The van der Waals surface area contributed by atoms with Crippen LogP contribution < -0.4 is 4.74 Å². The second-order valence-electron chi connectivity index (χ2n) is 6.11. The number of aromatic nitrogens is 1. The minimum Gasteiger partial charge on any atom is -0.488 e. The number of hydrogen-bond donors (Lipinski definition) is 0. The number of fused-ring (bicyclic) bond motifs is 1. The van der Waals surface area contributed by atoms with Gasteiger partial charge in [0, 0.05) is 10.6 Å². The van der Waals surface area contributed by atoms with Crippen molar-refractivity contribution in [1.29, 1.82) is 5.26 Å². The number of thiazole rings is 1. The molecule has 0 aliphatic heterocycles. The van der Waals surface area contributed by atoms with E-state index in [-0.39, 0.29) is 0 Å². The van der Waals surface area contributed by atoms with Gasteiger partial charge < -0.3 is 4.74 Å². The largest absolute Gasteiger partial charge is 0.488 e. The smallest absolute Gasteiger partial charge is 0.135 e. The highest BCUT2D eigenvalue weighted by atomic mass is 35.5. The Hall–Kier alpha value is -3.13. The Morgan fingerprint density at radius 2 is 1.89 bits per heavy atom. The highest BCUT2D eigenvalue weighted by molar-refractivity contribution is 7.19. The van der Waals surface area contributed by atoms with E-state index in [0.717, 1.165) is 21.3 Å². The summed E-state index contributed by atoms with van der Waals surface area (Å²) in [6, 6.07) is 25.4. The third-order valence-electron chi connectivity index (χ3n) is 4.15. The van der Waals surface area contributed by atoms with Gasteiger partial charge in [0.2, 0.25) is 0 Å². The molecule has 3 nitrogen and oxygen atoms in total. The van der Waals surface area contributed by atoms with Crippen LogP contribution in [0.1, 0.15) is 16.1 Å². The first-order chi connectivity index (χ1) is 13.7.